The number of aromatic nitrogens is 1. The van der Waals surface area contributed by atoms with Gasteiger partial charge in [-0.15, -0.1) is 0 Å². The minimum Gasteiger partial charge on any atom is -0.478 e. The minimum atomic E-state index is -1.24. The number of hydrogen-bond donors (Lipinski definition) is 2. The van der Waals surface area contributed by atoms with Crippen molar-refractivity contribution >= 4 is 22.6 Å². The van der Waals surface area contributed by atoms with Gasteiger partial charge < -0.3 is 15.6 Å². The van der Waals surface area contributed by atoms with Gasteiger partial charge in [-0.05, 0) is 54.6 Å². The number of anilines is 1. The molecule has 0 unspecified atom stereocenters. The van der Waals surface area contributed by atoms with Crippen LogP contribution in [0, 0.1) is 5.82 Å². The Labute approximate surface area is 159 Å². The molecule has 3 aromatic carbocycles. The molecule has 0 saturated heterocycles. The highest BCUT2D eigenvalue weighted by Gasteiger charge is 2.19. The molecular formula is C22H15FN2O3. The average molecular weight is 374 g/mol. The van der Waals surface area contributed by atoms with Gasteiger partial charge in [0, 0.05) is 10.9 Å². The Morgan fingerprint density at radius 3 is 2.32 bits per heavy atom. The molecule has 4 aromatic rings. The second-order valence-electron chi connectivity index (χ2n) is 6.16. The van der Waals surface area contributed by atoms with Crippen molar-refractivity contribution in [2.45, 2.75) is 0 Å². The summed E-state index contributed by atoms with van der Waals surface area (Å²) in [5, 5.41) is 9.75. The molecule has 4 rings (SSSR count). The van der Waals surface area contributed by atoms with Crippen LogP contribution in [0.5, 0.6) is 11.5 Å². The number of nitrogen functional groups attached to an aromatic ring is 1. The Kier molecular flexibility index (Phi) is 4.37. The van der Waals surface area contributed by atoms with Crippen molar-refractivity contribution in [1.29, 1.82) is 0 Å². The number of pyridine rings is 1. The van der Waals surface area contributed by atoms with E-state index >= 15 is 0 Å². The summed E-state index contributed by atoms with van der Waals surface area (Å²) in [5.74, 6) is -0.462. The van der Waals surface area contributed by atoms with Gasteiger partial charge in [0.15, 0.2) is 0 Å². The SMILES string of the molecule is Nc1c(-c2ccc(Oc3ccccc3)cc2)nc2ccc(F)cc2c1C(=O)O. The molecule has 0 aliphatic heterocycles. The standard InChI is InChI=1S/C22H15FN2O3/c23-14-8-11-18-17(12-14)19(22(26)27)20(24)21(25-18)13-6-9-16(10-7-13)28-15-4-2-1-3-5-15/h1-12H,24H2,(H,26,27). The summed E-state index contributed by atoms with van der Waals surface area (Å²) in [4.78, 5) is 16.2. The van der Waals surface area contributed by atoms with Crippen LogP contribution < -0.4 is 10.5 Å². The highest BCUT2D eigenvalue weighted by molar-refractivity contribution is 6.09. The van der Waals surface area contributed by atoms with E-state index in [0.29, 0.717) is 28.3 Å². The van der Waals surface area contributed by atoms with E-state index in [1.165, 1.54) is 12.1 Å². The molecule has 3 N–H and O–H groups in total. The summed E-state index contributed by atoms with van der Waals surface area (Å²) in [6, 6.07) is 20.1. The van der Waals surface area contributed by atoms with E-state index < -0.39 is 11.8 Å². The summed E-state index contributed by atoms with van der Waals surface area (Å²) in [7, 11) is 0. The van der Waals surface area contributed by atoms with Crippen LogP contribution >= 0.6 is 0 Å². The fourth-order valence-electron chi connectivity index (χ4n) is 3.01. The summed E-state index contributed by atoms with van der Waals surface area (Å²) in [6.45, 7) is 0. The number of aromatic carboxylic acids is 1. The first-order valence-electron chi connectivity index (χ1n) is 8.48. The maximum Gasteiger partial charge on any atom is 0.338 e. The molecule has 0 amide bonds. The van der Waals surface area contributed by atoms with E-state index in [0.717, 1.165) is 6.07 Å². The van der Waals surface area contributed by atoms with Crippen LogP contribution in [0.25, 0.3) is 22.2 Å². The van der Waals surface area contributed by atoms with Crippen molar-refractivity contribution in [1.82, 2.24) is 4.98 Å². The third-order valence-corrected chi connectivity index (χ3v) is 4.31. The van der Waals surface area contributed by atoms with E-state index in [9.17, 15) is 14.3 Å². The third-order valence-electron chi connectivity index (χ3n) is 4.31. The third kappa shape index (κ3) is 3.23. The molecule has 0 spiro atoms. The molecule has 0 radical (unpaired) electrons. The van der Waals surface area contributed by atoms with E-state index in [2.05, 4.69) is 4.98 Å². The van der Waals surface area contributed by atoms with Crippen LogP contribution in [0.2, 0.25) is 0 Å². The lowest BCUT2D eigenvalue weighted by Crippen LogP contribution is -2.07. The zero-order valence-corrected chi connectivity index (χ0v) is 14.6. The largest absolute Gasteiger partial charge is 0.478 e. The van der Waals surface area contributed by atoms with Gasteiger partial charge in [-0.3, -0.25) is 0 Å². The lowest BCUT2D eigenvalue weighted by Gasteiger charge is -2.12. The van der Waals surface area contributed by atoms with Gasteiger partial charge in [0.2, 0.25) is 0 Å². The number of carboxylic acids is 1. The van der Waals surface area contributed by atoms with Crippen molar-refractivity contribution in [3.8, 4) is 22.8 Å². The van der Waals surface area contributed by atoms with Gasteiger partial charge in [0.05, 0.1) is 22.5 Å². The van der Waals surface area contributed by atoms with Gasteiger partial charge in [-0.1, -0.05) is 18.2 Å². The highest BCUT2D eigenvalue weighted by Crippen LogP contribution is 2.34. The molecule has 0 atom stereocenters. The first-order chi connectivity index (χ1) is 13.5. The van der Waals surface area contributed by atoms with Gasteiger partial charge >= 0.3 is 5.97 Å². The van der Waals surface area contributed by atoms with Gasteiger partial charge in [0.1, 0.15) is 17.3 Å². The number of para-hydroxylation sites is 1. The predicted molar refractivity (Wildman–Crippen MR) is 105 cm³/mol. The van der Waals surface area contributed by atoms with E-state index in [4.69, 9.17) is 10.5 Å². The quantitative estimate of drug-likeness (QED) is 0.518. The Morgan fingerprint density at radius 2 is 1.64 bits per heavy atom. The number of carbonyl (C=O) groups is 1. The molecule has 1 heterocycles. The molecule has 138 valence electrons. The van der Waals surface area contributed by atoms with Crippen molar-refractivity contribution in [2.75, 3.05) is 5.73 Å². The fourth-order valence-corrected chi connectivity index (χ4v) is 3.01. The summed E-state index contributed by atoms with van der Waals surface area (Å²) < 4.78 is 19.3. The molecule has 5 nitrogen and oxygen atoms in total. The summed E-state index contributed by atoms with van der Waals surface area (Å²) in [6.07, 6.45) is 0. The van der Waals surface area contributed by atoms with Crippen molar-refractivity contribution in [3.63, 3.8) is 0 Å². The number of ether oxygens (including phenoxy) is 1. The molecule has 0 aliphatic rings. The van der Waals surface area contributed by atoms with E-state index in [1.54, 1.807) is 24.3 Å². The average Bonchev–Trinajstić information content (AvgIpc) is 2.69. The Balaban J connectivity index is 1.77. The second-order valence-corrected chi connectivity index (χ2v) is 6.16. The van der Waals surface area contributed by atoms with Crippen molar-refractivity contribution in [3.05, 3.63) is 84.2 Å². The van der Waals surface area contributed by atoms with Crippen LogP contribution in [0.3, 0.4) is 0 Å². The summed E-state index contributed by atoms with van der Waals surface area (Å²) >= 11 is 0. The lowest BCUT2D eigenvalue weighted by atomic mass is 10.0. The Bertz CT molecular complexity index is 1180. The van der Waals surface area contributed by atoms with Crippen molar-refractivity contribution < 1.29 is 19.0 Å². The van der Waals surface area contributed by atoms with Gasteiger partial charge in [-0.2, -0.15) is 0 Å². The Hall–Kier alpha value is -3.93. The number of benzene rings is 3. The van der Waals surface area contributed by atoms with Crippen LogP contribution in [-0.4, -0.2) is 16.1 Å². The molecule has 0 bridgehead atoms. The first kappa shape index (κ1) is 17.5. The number of fused-ring (bicyclic) bond motifs is 1. The molecule has 6 heteroatoms. The predicted octanol–water partition coefficient (Wildman–Crippen LogP) is 5.11. The molecule has 0 fully saturated rings. The number of halogens is 1. The van der Waals surface area contributed by atoms with Gasteiger partial charge in [-0.25, -0.2) is 14.2 Å². The molecule has 0 aliphatic carbocycles. The van der Waals surface area contributed by atoms with Crippen LogP contribution in [0.15, 0.2) is 72.8 Å². The zero-order valence-electron chi connectivity index (χ0n) is 14.6. The van der Waals surface area contributed by atoms with Crippen LogP contribution in [0.4, 0.5) is 10.1 Å². The molecular weight excluding hydrogens is 359 g/mol. The normalized spacial score (nSPS) is 10.8. The number of rotatable bonds is 4. The molecule has 1 aromatic heterocycles. The summed E-state index contributed by atoms with van der Waals surface area (Å²) in [5.41, 5.74) is 7.23. The Morgan fingerprint density at radius 1 is 0.964 bits per heavy atom. The maximum absolute atomic E-state index is 13.6. The van der Waals surface area contributed by atoms with Gasteiger partial charge in [0.25, 0.3) is 0 Å². The second kappa shape index (κ2) is 7.00. The van der Waals surface area contributed by atoms with Crippen LogP contribution in [0.1, 0.15) is 10.4 Å². The number of nitrogens with zero attached hydrogens (tertiary/aromatic N) is 1. The monoisotopic (exact) mass is 374 g/mol. The van der Waals surface area contributed by atoms with Crippen molar-refractivity contribution in [2.24, 2.45) is 0 Å². The zero-order chi connectivity index (χ0) is 19.7. The maximum atomic E-state index is 13.6. The molecule has 28 heavy (non-hydrogen) atoms. The highest BCUT2D eigenvalue weighted by atomic mass is 19.1. The lowest BCUT2D eigenvalue weighted by molar-refractivity contribution is 0.0700. The van der Waals surface area contributed by atoms with E-state index in [-0.39, 0.29) is 16.6 Å². The number of hydrogen-bond acceptors (Lipinski definition) is 4. The minimum absolute atomic E-state index is 0.0117. The molecule has 0 saturated carbocycles. The number of carboxylic acid groups (broad SMARTS) is 1. The van der Waals surface area contributed by atoms with Crippen LogP contribution in [-0.2, 0) is 0 Å². The first-order valence-corrected chi connectivity index (χ1v) is 8.48. The topological polar surface area (TPSA) is 85.4 Å². The van der Waals surface area contributed by atoms with E-state index in [1.807, 2.05) is 30.3 Å². The smallest absolute Gasteiger partial charge is 0.338 e. The fraction of sp³-hybridized carbons (Fsp3) is 0. The number of nitrogens with two attached hydrogens (primary N) is 1.